The Hall–Kier alpha value is -1.90. The number of fused-ring (bicyclic) bond motifs is 1. The average molecular weight is 355 g/mol. The zero-order valence-electron chi connectivity index (χ0n) is 14.0. The Bertz CT molecular complexity index is 769. The molecule has 0 bridgehead atoms. The van der Waals surface area contributed by atoms with Crippen LogP contribution in [0.2, 0.25) is 0 Å². The highest BCUT2D eigenvalue weighted by Crippen LogP contribution is 2.51. The van der Waals surface area contributed by atoms with Crippen LogP contribution in [0.25, 0.3) is 5.65 Å². The molecule has 0 N–H and O–H groups in total. The number of hydrogen-bond donors (Lipinski definition) is 0. The fraction of sp³-hybridized carbons (Fsp3) is 0.688. The van der Waals surface area contributed by atoms with Gasteiger partial charge < -0.3 is 9.64 Å². The quantitative estimate of drug-likeness (QED) is 0.787. The van der Waals surface area contributed by atoms with Crippen LogP contribution in [0.4, 0.5) is 19.0 Å². The summed E-state index contributed by atoms with van der Waals surface area (Å²) in [6.07, 6.45) is -1.65. The zero-order chi connectivity index (χ0) is 17.7. The van der Waals surface area contributed by atoms with Gasteiger partial charge in [-0.05, 0) is 26.2 Å². The van der Waals surface area contributed by atoms with Gasteiger partial charge in [-0.25, -0.2) is 4.98 Å². The van der Waals surface area contributed by atoms with E-state index in [4.69, 9.17) is 4.74 Å². The molecule has 25 heavy (non-hydrogen) atoms. The first-order valence-corrected chi connectivity index (χ1v) is 8.46. The Balaban J connectivity index is 1.68. The highest BCUT2D eigenvalue weighted by atomic mass is 19.4. The molecule has 2 saturated heterocycles. The fourth-order valence-electron chi connectivity index (χ4n) is 4.27. The number of rotatable bonds is 1. The van der Waals surface area contributed by atoms with Crippen LogP contribution in [-0.2, 0) is 4.74 Å². The molecule has 2 aliphatic rings. The van der Waals surface area contributed by atoms with Crippen molar-refractivity contribution in [2.45, 2.75) is 32.4 Å². The van der Waals surface area contributed by atoms with Crippen LogP contribution in [0.3, 0.4) is 0 Å². The summed E-state index contributed by atoms with van der Waals surface area (Å²) in [5, 5.41) is 7.90. The molecule has 0 amide bonds. The lowest BCUT2D eigenvalue weighted by Crippen LogP contribution is -2.55. The monoisotopic (exact) mass is 355 g/mol. The number of anilines is 1. The summed E-state index contributed by atoms with van der Waals surface area (Å²) in [5.74, 6) is 0.110. The van der Waals surface area contributed by atoms with E-state index in [1.807, 2.05) is 11.8 Å². The van der Waals surface area contributed by atoms with Gasteiger partial charge in [0.15, 0.2) is 5.65 Å². The molecule has 0 unspecified atom stereocenters. The van der Waals surface area contributed by atoms with E-state index in [0.717, 1.165) is 5.82 Å². The van der Waals surface area contributed by atoms with Crippen LogP contribution in [-0.4, -0.2) is 52.1 Å². The summed E-state index contributed by atoms with van der Waals surface area (Å²) < 4.78 is 48.0. The predicted octanol–water partition coefficient (Wildman–Crippen LogP) is 2.62. The number of hydrogen-bond acceptors (Lipinski definition) is 5. The first kappa shape index (κ1) is 16.6. The molecule has 9 heteroatoms. The van der Waals surface area contributed by atoms with Crippen molar-refractivity contribution in [1.29, 1.82) is 0 Å². The Morgan fingerprint density at radius 3 is 2.76 bits per heavy atom. The van der Waals surface area contributed by atoms with Crippen molar-refractivity contribution < 1.29 is 17.9 Å². The van der Waals surface area contributed by atoms with Crippen molar-refractivity contribution in [3.8, 4) is 0 Å². The van der Waals surface area contributed by atoms with Gasteiger partial charge in [-0.3, -0.25) is 4.40 Å². The van der Waals surface area contributed by atoms with Gasteiger partial charge in [-0.2, -0.15) is 13.2 Å². The SMILES string of the molecule is Cc1nc(N2CC[C@H](C(F)(F)F)C3(CCOCC3)C2)cc2nncn12. The summed E-state index contributed by atoms with van der Waals surface area (Å²) in [6, 6.07) is 1.79. The van der Waals surface area contributed by atoms with Gasteiger partial charge in [0.25, 0.3) is 0 Å². The van der Waals surface area contributed by atoms with Crippen molar-refractivity contribution in [1.82, 2.24) is 19.6 Å². The average Bonchev–Trinajstić information content (AvgIpc) is 3.03. The number of aromatic nitrogens is 4. The Morgan fingerprint density at radius 2 is 2.04 bits per heavy atom. The third-order valence-corrected chi connectivity index (χ3v) is 5.60. The maximum absolute atomic E-state index is 13.6. The Morgan fingerprint density at radius 1 is 1.28 bits per heavy atom. The maximum atomic E-state index is 13.6. The predicted molar refractivity (Wildman–Crippen MR) is 84.4 cm³/mol. The molecule has 1 spiro atoms. The number of ether oxygens (including phenoxy) is 1. The third-order valence-electron chi connectivity index (χ3n) is 5.60. The van der Waals surface area contributed by atoms with E-state index in [1.54, 1.807) is 16.8 Å². The molecule has 0 aliphatic carbocycles. The lowest BCUT2D eigenvalue weighted by atomic mass is 9.65. The topological polar surface area (TPSA) is 55.5 Å². The van der Waals surface area contributed by atoms with E-state index in [2.05, 4.69) is 15.2 Å². The maximum Gasteiger partial charge on any atom is 0.392 e. The number of alkyl halides is 3. The highest BCUT2D eigenvalue weighted by molar-refractivity contribution is 5.52. The lowest BCUT2D eigenvalue weighted by molar-refractivity contribution is -0.223. The van der Waals surface area contributed by atoms with Gasteiger partial charge in [-0.15, -0.1) is 10.2 Å². The largest absolute Gasteiger partial charge is 0.392 e. The first-order chi connectivity index (χ1) is 11.9. The summed E-state index contributed by atoms with van der Waals surface area (Å²) in [5.41, 5.74) is -0.147. The van der Waals surface area contributed by atoms with Gasteiger partial charge >= 0.3 is 6.18 Å². The summed E-state index contributed by atoms with van der Waals surface area (Å²) in [7, 11) is 0. The van der Waals surface area contributed by atoms with Crippen molar-refractivity contribution in [3.05, 3.63) is 18.2 Å². The molecule has 2 fully saturated rings. The highest BCUT2D eigenvalue weighted by Gasteiger charge is 2.56. The minimum absolute atomic E-state index is 0.0854. The molecule has 4 heterocycles. The summed E-state index contributed by atoms with van der Waals surface area (Å²) in [4.78, 5) is 6.53. The summed E-state index contributed by atoms with van der Waals surface area (Å²) >= 11 is 0. The first-order valence-electron chi connectivity index (χ1n) is 8.46. The number of aryl methyl sites for hydroxylation is 1. The fourth-order valence-corrected chi connectivity index (χ4v) is 4.27. The minimum atomic E-state index is -4.18. The van der Waals surface area contributed by atoms with Crippen molar-refractivity contribution in [2.24, 2.45) is 11.3 Å². The second-order valence-corrected chi connectivity index (χ2v) is 7.00. The van der Waals surface area contributed by atoms with Crippen LogP contribution in [0.5, 0.6) is 0 Å². The Kier molecular flexibility index (Phi) is 3.86. The van der Waals surface area contributed by atoms with Crippen LogP contribution in [0.15, 0.2) is 12.4 Å². The number of halogens is 3. The molecule has 4 rings (SSSR count). The Labute approximate surface area is 143 Å². The van der Waals surface area contributed by atoms with E-state index in [1.165, 1.54) is 0 Å². The van der Waals surface area contributed by atoms with Gasteiger partial charge in [0, 0.05) is 37.8 Å². The van der Waals surface area contributed by atoms with Gasteiger partial charge in [0.2, 0.25) is 0 Å². The van der Waals surface area contributed by atoms with E-state index < -0.39 is 17.5 Å². The number of piperidine rings is 1. The lowest BCUT2D eigenvalue weighted by Gasteiger charge is -2.51. The molecule has 2 aromatic rings. The molecular formula is C16H20F3N5O. The third kappa shape index (κ3) is 2.84. The van der Waals surface area contributed by atoms with Crippen molar-refractivity contribution >= 4 is 11.5 Å². The van der Waals surface area contributed by atoms with Crippen LogP contribution >= 0.6 is 0 Å². The molecule has 0 saturated carbocycles. The smallest absolute Gasteiger partial charge is 0.381 e. The molecule has 0 radical (unpaired) electrons. The van der Waals surface area contributed by atoms with E-state index in [-0.39, 0.29) is 6.42 Å². The van der Waals surface area contributed by atoms with Crippen molar-refractivity contribution in [3.63, 3.8) is 0 Å². The minimum Gasteiger partial charge on any atom is -0.381 e. The van der Waals surface area contributed by atoms with E-state index in [9.17, 15) is 13.2 Å². The zero-order valence-corrected chi connectivity index (χ0v) is 14.0. The molecule has 2 aliphatic heterocycles. The number of nitrogens with zero attached hydrogens (tertiary/aromatic N) is 5. The molecule has 6 nitrogen and oxygen atoms in total. The van der Waals surface area contributed by atoms with Gasteiger partial charge in [0.05, 0.1) is 5.92 Å². The second-order valence-electron chi connectivity index (χ2n) is 7.00. The molecule has 1 atom stereocenters. The van der Waals surface area contributed by atoms with E-state index in [0.29, 0.717) is 50.6 Å². The van der Waals surface area contributed by atoms with E-state index >= 15 is 0 Å². The standard InChI is InChI=1S/C16H20F3N5O/c1-11-21-13(8-14-22-20-10-24(11)14)23-5-2-12(16(17,18)19)15(9-23)3-6-25-7-4-15/h8,10,12H,2-7,9H2,1H3/t12-/m0/s1. The van der Waals surface area contributed by atoms with Gasteiger partial charge in [-0.1, -0.05) is 0 Å². The normalized spacial score (nSPS) is 24.2. The van der Waals surface area contributed by atoms with Gasteiger partial charge in [0.1, 0.15) is 18.0 Å². The van der Waals surface area contributed by atoms with Crippen LogP contribution < -0.4 is 4.90 Å². The van der Waals surface area contributed by atoms with Crippen LogP contribution in [0.1, 0.15) is 25.1 Å². The molecule has 2 aromatic heterocycles. The van der Waals surface area contributed by atoms with Crippen LogP contribution in [0, 0.1) is 18.3 Å². The molecule has 0 aromatic carbocycles. The second kappa shape index (κ2) is 5.82. The molecular weight excluding hydrogens is 335 g/mol. The molecule has 136 valence electrons. The van der Waals surface area contributed by atoms with Crippen molar-refractivity contribution in [2.75, 3.05) is 31.2 Å². The summed E-state index contributed by atoms with van der Waals surface area (Å²) in [6.45, 7) is 3.29.